The lowest BCUT2D eigenvalue weighted by atomic mass is 9.83. The molecule has 0 radical (unpaired) electrons. The van der Waals surface area contributed by atoms with Gasteiger partial charge >= 0.3 is 0 Å². The van der Waals surface area contributed by atoms with Gasteiger partial charge in [0, 0.05) is 41.6 Å². The summed E-state index contributed by atoms with van der Waals surface area (Å²) in [6.45, 7) is 3.75. The molecule has 1 unspecified atom stereocenters. The highest BCUT2D eigenvalue weighted by atomic mass is 32.2. The van der Waals surface area contributed by atoms with Crippen molar-refractivity contribution in [3.8, 4) is 0 Å². The SMILES string of the molecule is O=c1cccc2n1C[C@H]1C[C@@H]2C[NH+](C[C@H](O)CSCc2ccccc2)C1. The van der Waals surface area contributed by atoms with Crippen LogP contribution in [-0.2, 0) is 12.3 Å². The quantitative estimate of drug-likeness (QED) is 0.801. The van der Waals surface area contributed by atoms with Gasteiger partial charge in [-0.05, 0) is 18.1 Å². The summed E-state index contributed by atoms with van der Waals surface area (Å²) in [5, 5.41) is 10.5. The van der Waals surface area contributed by atoms with Crippen molar-refractivity contribution in [2.75, 3.05) is 25.4 Å². The Balaban J connectivity index is 1.30. The summed E-state index contributed by atoms with van der Waals surface area (Å²) < 4.78 is 1.97. The Labute approximate surface area is 158 Å². The molecular weight excluding hydrogens is 344 g/mol. The molecule has 2 aliphatic heterocycles. The lowest BCUT2D eigenvalue weighted by Gasteiger charge is -2.40. The molecule has 138 valence electrons. The van der Waals surface area contributed by atoms with Crippen LogP contribution in [0.25, 0.3) is 0 Å². The Kier molecular flexibility index (Phi) is 5.48. The number of thioether (sulfide) groups is 1. The van der Waals surface area contributed by atoms with Crippen LogP contribution in [0.3, 0.4) is 0 Å². The molecule has 4 atom stereocenters. The van der Waals surface area contributed by atoms with Gasteiger partial charge in [-0.15, -0.1) is 0 Å². The number of likely N-dealkylation sites (tertiary alicyclic amines) is 1. The number of rotatable bonds is 6. The van der Waals surface area contributed by atoms with Crippen molar-refractivity contribution in [2.45, 2.75) is 30.7 Å². The Morgan fingerprint density at radius 2 is 2.00 bits per heavy atom. The van der Waals surface area contributed by atoms with Crippen LogP contribution in [0.1, 0.15) is 23.6 Å². The molecule has 4 rings (SSSR count). The van der Waals surface area contributed by atoms with E-state index < -0.39 is 0 Å². The zero-order valence-electron chi connectivity index (χ0n) is 15.0. The number of aliphatic hydroxyl groups excluding tert-OH is 1. The van der Waals surface area contributed by atoms with Gasteiger partial charge in [-0.3, -0.25) is 4.79 Å². The standard InChI is InChI=1S/C21H26N2O2S/c24-19(15-26-14-16-5-2-1-3-6-16)13-22-10-17-9-18(12-22)20-7-4-8-21(25)23(20)11-17/h1-8,17-19,24H,9-15H2/p+1/t17-,18+,19-/m0/s1. The molecule has 1 aromatic heterocycles. The average Bonchev–Trinajstić information content (AvgIpc) is 2.63. The van der Waals surface area contributed by atoms with Crippen molar-refractivity contribution in [2.24, 2.45) is 5.92 Å². The third-order valence-electron chi connectivity index (χ3n) is 5.62. The largest absolute Gasteiger partial charge is 0.386 e. The smallest absolute Gasteiger partial charge is 0.250 e. The highest BCUT2D eigenvalue weighted by Gasteiger charge is 2.37. The molecule has 0 spiro atoms. The van der Waals surface area contributed by atoms with Crippen molar-refractivity contribution in [1.82, 2.24) is 4.57 Å². The minimum atomic E-state index is -0.268. The molecule has 1 fully saturated rings. The van der Waals surface area contributed by atoms with E-state index in [2.05, 4.69) is 30.3 Å². The fraction of sp³-hybridized carbons (Fsp3) is 0.476. The summed E-state index contributed by atoms with van der Waals surface area (Å²) in [5.41, 5.74) is 2.64. The molecular formula is C21H27N2O2S+. The van der Waals surface area contributed by atoms with Crippen molar-refractivity contribution < 1.29 is 10.0 Å². The molecule has 2 N–H and O–H groups in total. The second-order valence-corrected chi connectivity index (χ2v) is 8.75. The maximum Gasteiger partial charge on any atom is 0.250 e. The van der Waals surface area contributed by atoms with E-state index in [0.717, 1.165) is 37.7 Å². The molecule has 2 bridgehead atoms. The number of nitrogens with one attached hydrogen (secondary N) is 1. The van der Waals surface area contributed by atoms with Crippen molar-refractivity contribution in [3.63, 3.8) is 0 Å². The number of fused-ring (bicyclic) bond motifs is 4. The molecule has 2 aromatic rings. The fourth-order valence-electron chi connectivity index (χ4n) is 4.57. The molecule has 1 aromatic carbocycles. The van der Waals surface area contributed by atoms with Crippen molar-refractivity contribution in [1.29, 1.82) is 0 Å². The first-order valence-corrected chi connectivity index (χ1v) is 10.7. The zero-order valence-corrected chi connectivity index (χ0v) is 15.8. The lowest BCUT2D eigenvalue weighted by molar-refractivity contribution is -0.913. The predicted octanol–water partition coefficient (Wildman–Crippen LogP) is 1.14. The monoisotopic (exact) mass is 371 g/mol. The predicted molar refractivity (Wildman–Crippen MR) is 106 cm³/mol. The van der Waals surface area contributed by atoms with E-state index in [4.69, 9.17) is 0 Å². The molecule has 0 saturated carbocycles. The molecule has 4 nitrogen and oxygen atoms in total. The van der Waals surface area contributed by atoms with E-state index in [-0.39, 0.29) is 11.7 Å². The highest BCUT2D eigenvalue weighted by Crippen LogP contribution is 2.30. The number of pyridine rings is 1. The minimum absolute atomic E-state index is 0.137. The summed E-state index contributed by atoms with van der Waals surface area (Å²) in [5.74, 6) is 2.74. The number of hydrogen-bond donors (Lipinski definition) is 2. The Bertz CT molecular complexity index is 792. The van der Waals surface area contributed by atoms with Crippen LogP contribution < -0.4 is 10.5 Å². The Morgan fingerprint density at radius 1 is 1.15 bits per heavy atom. The number of benzene rings is 1. The molecule has 0 amide bonds. The summed E-state index contributed by atoms with van der Waals surface area (Å²) in [7, 11) is 0. The van der Waals surface area contributed by atoms with E-state index in [1.165, 1.54) is 22.6 Å². The molecule has 26 heavy (non-hydrogen) atoms. The lowest BCUT2D eigenvalue weighted by Crippen LogP contribution is -3.15. The maximum atomic E-state index is 12.1. The maximum absolute atomic E-state index is 12.1. The van der Waals surface area contributed by atoms with E-state index in [1.54, 1.807) is 17.8 Å². The molecule has 3 heterocycles. The third kappa shape index (κ3) is 4.05. The van der Waals surface area contributed by atoms with E-state index in [0.29, 0.717) is 11.8 Å². The van der Waals surface area contributed by atoms with Gasteiger partial charge in [-0.2, -0.15) is 11.8 Å². The molecule has 2 aliphatic rings. The van der Waals surface area contributed by atoms with Crippen LogP contribution in [0.4, 0.5) is 0 Å². The van der Waals surface area contributed by atoms with Crippen LogP contribution in [0.15, 0.2) is 53.3 Å². The number of aromatic nitrogens is 1. The second-order valence-electron chi connectivity index (χ2n) is 7.72. The van der Waals surface area contributed by atoms with Gasteiger partial charge in [-0.1, -0.05) is 36.4 Å². The van der Waals surface area contributed by atoms with E-state index in [9.17, 15) is 9.90 Å². The van der Waals surface area contributed by atoms with Gasteiger partial charge in [0.15, 0.2) is 0 Å². The van der Waals surface area contributed by atoms with Gasteiger partial charge in [0.2, 0.25) is 0 Å². The first kappa shape index (κ1) is 17.8. The van der Waals surface area contributed by atoms with E-state index >= 15 is 0 Å². The van der Waals surface area contributed by atoms with Crippen LogP contribution >= 0.6 is 11.8 Å². The normalized spacial score (nSPS) is 25.5. The molecule has 0 aliphatic carbocycles. The average molecular weight is 372 g/mol. The molecule has 1 saturated heterocycles. The van der Waals surface area contributed by atoms with Crippen molar-refractivity contribution >= 4 is 11.8 Å². The van der Waals surface area contributed by atoms with Crippen LogP contribution in [0, 0.1) is 5.92 Å². The Hall–Kier alpha value is -1.56. The van der Waals surface area contributed by atoms with Gasteiger partial charge in [0.1, 0.15) is 12.6 Å². The van der Waals surface area contributed by atoms with Crippen molar-refractivity contribution in [3.05, 3.63) is 70.1 Å². The second kappa shape index (κ2) is 7.99. The summed E-state index contributed by atoms with van der Waals surface area (Å²) in [6, 6.07) is 16.1. The van der Waals surface area contributed by atoms with Gasteiger partial charge < -0.3 is 14.6 Å². The number of piperidine rings is 1. The fourth-order valence-corrected chi connectivity index (χ4v) is 5.50. The molecule has 5 heteroatoms. The van der Waals surface area contributed by atoms with Gasteiger partial charge in [0.25, 0.3) is 5.56 Å². The first-order valence-electron chi connectivity index (χ1n) is 9.52. The summed E-state index contributed by atoms with van der Waals surface area (Å²) in [4.78, 5) is 13.6. The number of quaternary nitrogens is 1. The third-order valence-corrected chi connectivity index (χ3v) is 6.78. The summed E-state index contributed by atoms with van der Waals surface area (Å²) in [6.07, 6.45) is 0.918. The number of nitrogens with zero attached hydrogens (tertiary/aromatic N) is 1. The van der Waals surface area contributed by atoms with Crippen LogP contribution in [0.5, 0.6) is 0 Å². The number of aliphatic hydroxyl groups is 1. The van der Waals surface area contributed by atoms with Gasteiger partial charge in [0.05, 0.1) is 13.1 Å². The minimum Gasteiger partial charge on any atom is -0.386 e. The number of hydrogen-bond acceptors (Lipinski definition) is 3. The van der Waals surface area contributed by atoms with Gasteiger partial charge in [-0.25, -0.2) is 0 Å². The zero-order chi connectivity index (χ0) is 17.9. The van der Waals surface area contributed by atoms with E-state index in [1.807, 2.05) is 16.7 Å². The van der Waals surface area contributed by atoms with Crippen LogP contribution in [0.2, 0.25) is 0 Å². The van der Waals surface area contributed by atoms with Crippen LogP contribution in [-0.4, -0.2) is 41.2 Å². The highest BCUT2D eigenvalue weighted by molar-refractivity contribution is 7.98. The first-order chi connectivity index (χ1) is 12.7. The topological polar surface area (TPSA) is 46.7 Å². The Morgan fingerprint density at radius 3 is 2.85 bits per heavy atom. The summed E-state index contributed by atoms with van der Waals surface area (Å²) >= 11 is 1.81.